The fourth-order valence-electron chi connectivity index (χ4n) is 3.36. The molecule has 1 heterocycles. The molecule has 4 aromatic rings. The van der Waals surface area contributed by atoms with Crippen LogP contribution in [0.25, 0.3) is 21.7 Å². The number of hydrogen-bond donors (Lipinski definition) is 1. The second-order valence-corrected chi connectivity index (χ2v) is 6.91. The lowest BCUT2D eigenvalue weighted by atomic mass is 10.0. The van der Waals surface area contributed by atoms with Gasteiger partial charge in [-0.3, -0.25) is 14.2 Å². The van der Waals surface area contributed by atoms with Crippen LogP contribution in [0.15, 0.2) is 77.9 Å². The molecular weight excluding hydrogens is 350 g/mol. The zero-order valence-electron chi connectivity index (χ0n) is 15.6. The number of hydrogen-bond acceptors (Lipinski definition) is 3. The monoisotopic (exact) mass is 371 g/mol. The van der Waals surface area contributed by atoms with Gasteiger partial charge in [-0.1, -0.05) is 48.5 Å². The minimum atomic E-state index is -0.124. The number of nitrogens with zero attached hydrogens (tertiary/aromatic N) is 2. The van der Waals surface area contributed by atoms with Gasteiger partial charge >= 0.3 is 0 Å². The third-order valence-corrected chi connectivity index (χ3v) is 4.96. The summed E-state index contributed by atoms with van der Waals surface area (Å²) < 4.78 is 1.49. The average molecular weight is 371 g/mol. The number of benzene rings is 3. The summed E-state index contributed by atoms with van der Waals surface area (Å²) in [5, 5.41) is 5.90. The number of amides is 1. The molecule has 4 rings (SSSR count). The van der Waals surface area contributed by atoms with E-state index in [1.165, 1.54) is 16.3 Å². The predicted molar refractivity (Wildman–Crippen MR) is 111 cm³/mol. The molecule has 0 aliphatic heterocycles. The van der Waals surface area contributed by atoms with Crippen LogP contribution in [0.5, 0.6) is 0 Å². The maximum atomic E-state index is 12.5. The third-order valence-electron chi connectivity index (χ3n) is 4.96. The first-order valence-electron chi connectivity index (χ1n) is 9.34. The summed E-state index contributed by atoms with van der Waals surface area (Å²) in [5.41, 5.74) is 1.59. The molecule has 0 unspecified atom stereocenters. The van der Waals surface area contributed by atoms with Gasteiger partial charge in [-0.15, -0.1) is 0 Å². The normalized spacial score (nSPS) is 12.2. The van der Waals surface area contributed by atoms with Crippen LogP contribution in [0.4, 0.5) is 0 Å². The molecule has 140 valence electrons. The van der Waals surface area contributed by atoms with E-state index in [1.807, 2.05) is 37.3 Å². The number of rotatable bonds is 5. The SMILES string of the molecule is C[C@H](NC(=O)CCn1cnc2ccccc2c1=O)c1ccc2ccccc2c1. The van der Waals surface area contributed by atoms with Crippen LogP contribution in [0.2, 0.25) is 0 Å². The van der Waals surface area contributed by atoms with Crippen molar-refractivity contribution >= 4 is 27.6 Å². The first-order chi connectivity index (χ1) is 13.6. The topological polar surface area (TPSA) is 64.0 Å². The van der Waals surface area contributed by atoms with Gasteiger partial charge in [0.15, 0.2) is 0 Å². The molecule has 0 fully saturated rings. The van der Waals surface area contributed by atoms with E-state index < -0.39 is 0 Å². The maximum absolute atomic E-state index is 12.5. The van der Waals surface area contributed by atoms with E-state index in [1.54, 1.807) is 12.1 Å². The van der Waals surface area contributed by atoms with Crippen LogP contribution in [-0.4, -0.2) is 15.5 Å². The molecule has 0 bridgehead atoms. The van der Waals surface area contributed by atoms with Crippen molar-refractivity contribution in [3.8, 4) is 0 Å². The molecule has 1 N–H and O–H groups in total. The summed E-state index contributed by atoms with van der Waals surface area (Å²) in [4.78, 5) is 29.2. The van der Waals surface area contributed by atoms with Crippen molar-refractivity contribution in [2.75, 3.05) is 0 Å². The Morgan fingerprint density at radius 2 is 1.79 bits per heavy atom. The summed E-state index contributed by atoms with van der Waals surface area (Å²) in [6, 6.07) is 21.4. The zero-order chi connectivity index (χ0) is 19.5. The van der Waals surface area contributed by atoms with E-state index >= 15 is 0 Å². The molecule has 28 heavy (non-hydrogen) atoms. The van der Waals surface area contributed by atoms with E-state index in [-0.39, 0.29) is 23.9 Å². The van der Waals surface area contributed by atoms with Gasteiger partial charge in [-0.2, -0.15) is 0 Å². The van der Waals surface area contributed by atoms with Crippen molar-refractivity contribution in [1.82, 2.24) is 14.9 Å². The Morgan fingerprint density at radius 3 is 2.64 bits per heavy atom. The fourth-order valence-corrected chi connectivity index (χ4v) is 3.36. The number of carbonyl (C=O) groups is 1. The van der Waals surface area contributed by atoms with Gasteiger partial charge in [-0.25, -0.2) is 4.98 Å². The highest BCUT2D eigenvalue weighted by Crippen LogP contribution is 2.20. The lowest BCUT2D eigenvalue weighted by Gasteiger charge is -2.15. The molecule has 5 heteroatoms. The van der Waals surface area contributed by atoms with Gasteiger partial charge in [0.1, 0.15) is 0 Å². The van der Waals surface area contributed by atoms with Crippen molar-refractivity contribution in [3.05, 3.63) is 89.0 Å². The van der Waals surface area contributed by atoms with Crippen LogP contribution in [0.3, 0.4) is 0 Å². The van der Waals surface area contributed by atoms with Gasteiger partial charge in [-0.05, 0) is 41.5 Å². The number of aryl methyl sites for hydroxylation is 1. The molecule has 0 spiro atoms. The largest absolute Gasteiger partial charge is 0.350 e. The summed E-state index contributed by atoms with van der Waals surface area (Å²) in [6.45, 7) is 2.26. The van der Waals surface area contributed by atoms with Crippen molar-refractivity contribution in [2.45, 2.75) is 25.9 Å². The van der Waals surface area contributed by atoms with Gasteiger partial charge in [0.25, 0.3) is 5.56 Å². The number of aromatic nitrogens is 2. The Bertz CT molecular complexity index is 1210. The summed E-state index contributed by atoms with van der Waals surface area (Å²) in [7, 11) is 0. The smallest absolute Gasteiger partial charge is 0.261 e. The van der Waals surface area contributed by atoms with Gasteiger partial charge < -0.3 is 5.32 Å². The first kappa shape index (κ1) is 17.9. The maximum Gasteiger partial charge on any atom is 0.261 e. The van der Waals surface area contributed by atoms with E-state index in [9.17, 15) is 9.59 Å². The predicted octanol–water partition coefficient (Wildman–Crippen LogP) is 3.82. The number of fused-ring (bicyclic) bond motifs is 2. The first-order valence-corrected chi connectivity index (χ1v) is 9.34. The second kappa shape index (κ2) is 7.64. The van der Waals surface area contributed by atoms with Crippen LogP contribution in [0.1, 0.15) is 24.9 Å². The lowest BCUT2D eigenvalue weighted by Crippen LogP contribution is -2.29. The van der Waals surface area contributed by atoms with Crippen LogP contribution < -0.4 is 10.9 Å². The Labute approximate surface area is 162 Å². The van der Waals surface area contributed by atoms with E-state index in [4.69, 9.17) is 0 Å². The average Bonchev–Trinajstić information content (AvgIpc) is 2.73. The minimum absolute atomic E-state index is 0.0966. The van der Waals surface area contributed by atoms with Crippen LogP contribution >= 0.6 is 0 Å². The highest BCUT2D eigenvalue weighted by molar-refractivity contribution is 5.83. The molecule has 0 aliphatic rings. The molecular formula is C23H21N3O2. The highest BCUT2D eigenvalue weighted by atomic mass is 16.2. The van der Waals surface area contributed by atoms with Crippen LogP contribution in [-0.2, 0) is 11.3 Å². The van der Waals surface area contributed by atoms with E-state index in [0.717, 1.165) is 10.9 Å². The van der Waals surface area contributed by atoms with Crippen molar-refractivity contribution in [1.29, 1.82) is 0 Å². The summed E-state index contributed by atoms with van der Waals surface area (Å²) in [6.07, 6.45) is 1.72. The summed E-state index contributed by atoms with van der Waals surface area (Å²) in [5.74, 6) is -0.0966. The van der Waals surface area contributed by atoms with E-state index in [0.29, 0.717) is 17.4 Å². The quantitative estimate of drug-likeness (QED) is 0.580. The molecule has 1 aromatic heterocycles. The Kier molecular flexibility index (Phi) is 4.89. The van der Waals surface area contributed by atoms with Gasteiger partial charge in [0.05, 0.1) is 23.3 Å². The fraction of sp³-hybridized carbons (Fsp3) is 0.174. The third kappa shape index (κ3) is 3.64. The molecule has 5 nitrogen and oxygen atoms in total. The Balaban J connectivity index is 1.42. The number of nitrogens with one attached hydrogen (secondary N) is 1. The summed E-state index contributed by atoms with van der Waals surface area (Å²) >= 11 is 0. The standard InChI is InChI=1S/C23H21N3O2/c1-16(18-11-10-17-6-2-3-7-19(17)14-18)25-22(27)12-13-26-15-24-21-9-5-4-8-20(21)23(26)28/h2-11,14-16H,12-13H2,1H3,(H,25,27)/t16-/m0/s1. The molecule has 0 saturated heterocycles. The van der Waals surface area contributed by atoms with Crippen LogP contribution in [0, 0.1) is 0 Å². The molecule has 0 radical (unpaired) electrons. The van der Waals surface area contributed by atoms with E-state index in [2.05, 4.69) is 34.6 Å². The Morgan fingerprint density at radius 1 is 1.04 bits per heavy atom. The number of carbonyl (C=O) groups excluding carboxylic acids is 1. The highest BCUT2D eigenvalue weighted by Gasteiger charge is 2.11. The Hall–Kier alpha value is -3.47. The molecule has 0 saturated carbocycles. The minimum Gasteiger partial charge on any atom is -0.350 e. The molecule has 1 amide bonds. The van der Waals surface area contributed by atoms with Crippen molar-refractivity contribution < 1.29 is 4.79 Å². The van der Waals surface area contributed by atoms with Crippen molar-refractivity contribution in [2.24, 2.45) is 0 Å². The molecule has 0 aliphatic carbocycles. The molecule has 3 aromatic carbocycles. The molecule has 1 atom stereocenters. The van der Waals surface area contributed by atoms with Gasteiger partial charge in [0.2, 0.25) is 5.91 Å². The lowest BCUT2D eigenvalue weighted by molar-refractivity contribution is -0.121. The van der Waals surface area contributed by atoms with Crippen molar-refractivity contribution in [3.63, 3.8) is 0 Å². The second-order valence-electron chi connectivity index (χ2n) is 6.91. The number of para-hydroxylation sites is 1. The van der Waals surface area contributed by atoms with Gasteiger partial charge in [0, 0.05) is 13.0 Å². The zero-order valence-corrected chi connectivity index (χ0v) is 15.6.